The highest BCUT2D eigenvalue weighted by atomic mass is 16.6. The van der Waals surface area contributed by atoms with Crippen molar-refractivity contribution in [3.63, 3.8) is 0 Å². The predicted octanol–water partition coefficient (Wildman–Crippen LogP) is 8.06. The number of nitro benzene ring substituents is 2. The molecular formula is C33H23N5O4. The molecule has 42 heavy (non-hydrogen) atoms. The largest absolute Gasteiger partial charge is 0.279 e. The molecule has 6 rings (SSSR count). The van der Waals surface area contributed by atoms with Crippen molar-refractivity contribution in [2.75, 3.05) is 0 Å². The molecule has 0 spiro atoms. The van der Waals surface area contributed by atoms with Gasteiger partial charge in [0.2, 0.25) is 0 Å². The van der Waals surface area contributed by atoms with Crippen molar-refractivity contribution >= 4 is 11.4 Å². The van der Waals surface area contributed by atoms with Crippen LogP contribution in [0.4, 0.5) is 11.4 Å². The van der Waals surface area contributed by atoms with Crippen LogP contribution in [-0.4, -0.2) is 24.6 Å². The van der Waals surface area contributed by atoms with Crippen molar-refractivity contribution in [3.05, 3.63) is 147 Å². The van der Waals surface area contributed by atoms with E-state index in [1.54, 1.807) is 16.7 Å². The minimum atomic E-state index is -0.542. The quantitative estimate of drug-likeness (QED) is 0.146. The van der Waals surface area contributed by atoms with Gasteiger partial charge < -0.3 is 0 Å². The first-order valence-electron chi connectivity index (χ1n) is 13.1. The molecule has 0 bridgehead atoms. The van der Waals surface area contributed by atoms with Crippen molar-refractivity contribution in [3.8, 4) is 50.7 Å². The molecule has 0 radical (unpaired) electrons. The molecule has 1 heterocycles. The second-order valence-electron chi connectivity index (χ2n) is 9.72. The first-order valence-corrected chi connectivity index (χ1v) is 13.1. The first kappa shape index (κ1) is 26.3. The Kier molecular flexibility index (Phi) is 6.82. The van der Waals surface area contributed by atoms with Crippen LogP contribution < -0.4 is 0 Å². The van der Waals surface area contributed by atoms with E-state index in [0.29, 0.717) is 17.3 Å². The monoisotopic (exact) mass is 553 g/mol. The summed E-state index contributed by atoms with van der Waals surface area (Å²) in [5.74, 6) is 1.00. The lowest BCUT2D eigenvalue weighted by Gasteiger charge is -2.13. The molecule has 0 unspecified atom stereocenters. The van der Waals surface area contributed by atoms with E-state index >= 15 is 0 Å². The number of hydrogen-bond donors (Lipinski definition) is 0. The summed E-state index contributed by atoms with van der Waals surface area (Å²) in [4.78, 5) is 22.9. The standard InChI is InChI=1S/C33H23N5O4/c1-22-11-13-25(14-12-22)32-34-35-33(26-17-15-24(16-18-26)23-7-3-2-4-8-23)36(32)27-19-20-29(31(21-27)38(41)42)28-9-5-6-10-30(28)37(39)40/h2-21H,1H3. The topological polar surface area (TPSA) is 117 Å². The lowest BCUT2D eigenvalue weighted by Crippen LogP contribution is -2.03. The maximum absolute atomic E-state index is 12.3. The normalized spacial score (nSPS) is 10.9. The van der Waals surface area contributed by atoms with E-state index in [1.807, 2.05) is 85.8 Å². The van der Waals surface area contributed by atoms with Crippen LogP contribution in [-0.2, 0) is 0 Å². The molecule has 5 aromatic carbocycles. The Morgan fingerprint density at radius 1 is 0.548 bits per heavy atom. The summed E-state index contributed by atoms with van der Waals surface area (Å²) < 4.78 is 1.78. The van der Waals surface area contributed by atoms with Crippen molar-refractivity contribution in [1.29, 1.82) is 0 Å². The van der Waals surface area contributed by atoms with Crippen LogP contribution in [0.5, 0.6) is 0 Å². The molecule has 0 atom stereocenters. The zero-order chi connectivity index (χ0) is 29.2. The molecular weight excluding hydrogens is 530 g/mol. The summed E-state index contributed by atoms with van der Waals surface area (Å²) in [6.07, 6.45) is 0. The lowest BCUT2D eigenvalue weighted by molar-refractivity contribution is -0.386. The lowest BCUT2D eigenvalue weighted by atomic mass is 10.0. The third-order valence-corrected chi connectivity index (χ3v) is 7.05. The molecule has 0 saturated carbocycles. The van der Waals surface area contributed by atoms with Gasteiger partial charge >= 0.3 is 0 Å². The smallest absolute Gasteiger partial charge is 0.275 e. The predicted molar refractivity (Wildman–Crippen MR) is 161 cm³/mol. The number of para-hydroxylation sites is 1. The molecule has 0 amide bonds. The van der Waals surface area contributed by atoms with E-state index in [9.17, 15) is 20.2 Å². The summed E-state index contributed by atoms with van der Waals surface area (Å²) in [7, 11) is 0. The Bertz CT molecular complexity index is 1930. The summed E-state index contributed by atoms with van der Waals surface area (Å²) in [6.45, 7) is 1.99. The number of hydrogen-bond acceptors (Lipinski definition) is 6. The number of benzene rings is 5. The van der Waals surface area contributed by atoms with Gasteiger partial charge in [0.05, 0.1) is 26.7 Å². The summed E-state index contributed by atoms with van der Waals surface area (Å²) in [6, 6.07) is 36.3. The van der Waals surface area contributed by atoms with Gasteiger partial charge in [-0.25, -0.2) is 0 Å². The Balaban J connectivity index is 1.53. The zero-order valence-corrected chi connectivity index (χ0v) is 22.4. The summed E-state index contributed by atoms with van der Waals surface area (Å²) in [5.41, 5.74) is 5.03. The minimum Gasteiger partial charge on any atom is -0.275 e. The Hall–Kier alpha value is -5.96. The fraction of sp³-hybridized carbons (Fsp3) is 0.0303. The van der Waals surface area contributed by atoms with Gasteiger partial charge in [-0.1, -0.05) is 96.6 Å². The van der Waals surface area contributed by atoms with Gasteiger partial charge in [-0.3, -0.25) is 24.8 Å². The van der Waals surface area contributed by atoms with Crippen molar-refractivity contribution in [1.82, 2.24) is 14.8 Å². The second-order valence-corrected chi connectivity index (χ2v) is 9.72. The fourth-order valence-electron chi connectivity index (χ4n) is 4.95. The van der Waals surface area contributed by atoms with E-state index in [4.69, 9.17) is 0 Å². The molecule has 204 valence electrons. The molecule has 0 aliphatic rings. The molecule has 9 heteroatoms. The summed E-state index contributed by atoms with van der Waals surface area (Å²) in [5, 5.41) is 33.0. The van der Waals surface area contributed by atoms with Gasteiger partial charge in [0, 0.05) is 23.3 Å². The van der Waals surface area contributed by atoms with Gasteiger partial charge in [0.25, 0.3) is 11.4 Å². The van der Waals surface area contributed by atoms with Gasteiger partial charge in [0.15, 0.2) is 11.6 Å². The minimum absolute atomic E-state index is 0.148. The van der Waals surface area contributed by atoms with Crippen LogP contribution in [0.2, 0.25) is 0 Å². The molecule has 0 fully saturated rings. The fourth-order valence-corrected chi connectivity index (χ4v) is 4.95. The Morgan fingerprint density at radius 2 is 1.05 bits per heavy atom. The average molecular weight is 554 g/mol. The van der Waals surface area contributed by atoms with Gasteiger partial charge in [-0.2, -0.15) is 0 Å². The first-order chi connectivity index (χ1) is 20.4. The zero-order valence-electron chi connectivity index (χ0n) is 22.4. The van der Waals surface area contributed by atoms with Gasteiger partial charge in [-0.15, -0.1) is 10.2 Å². The summed E-state index contributed by atoms with van der Waals surface area (Å²) >= 11 is 0. The number of rotatable bonds is 7. The van der Waals surface area contributed by atoms with E-state index in [-0.39, 0.29) is 22.5 Å². The molecule has 0 aliphatic carbocycles. The van der Waals surface area contributed by atoms with Crippen molar-refractivity contribution < 1.29 is 9.85 Å². The molecule has 0 N–H and O–H groups in total. The van der Waals surface area contributed by atoms with Crippen molar-refractivity contribution in [2.24, 2.45) is 0 Å². The Labute approximate surface area is 240 Å². The average Bonchev–Trinajstić information content (AvgIpc) is 3.47. The third-order valence-electron chi connectivity index (χ3n) is 7.05. The van der Waals surface area contributed by atoms with Gasteiger partial charge in [-0.05, 0) is 36.2 Å². The Morgan fingerprint density at radius 3 is 1.67 bits per heavy atom. The van der Waals surface area contributed by atoms with Crippen LogP contribution in [0.3, 0.4) is 0 Å². The van der Waals surface area contributed by atoms with E-state index in [0.717, 1.165) is 27.8 Å². The molecule has 1 aromatic heterocycles. The van der Waals surface area contributed by atoms with Gasteiger partial charge in [0.1, 0.15) is 0 Å². The molecule has 6 aromatic rings. The van der Waals surface area contributed by atoms with Crippen LogP contribution >= 0.6 is 0 Å². The maximum atomic E-state index is 12.3. The highest BCUT2D eigenvalue weighted by Gasteiger charge is 2.25. The van der Waals surface area contributed by atoms with Crippen LogP contribution in [0.25, 0.3) is 50.7 Å². The highest BCUT2D eigenvalue weighted by Crippen LogP contribution is 2.39. The third kappa shape index (κ3) is 4.90. The molecule has 0 saturated heterocycles. The number of nitrogens with zero attached hydrogens (tertiary/aromatic N) is 5. The number of aromatic nitrogens is 3. The SMILES string of the molecule is Cc1ccc(-c2nnc(-c3ccc(-c4ccccc4)cc3)n2-c2ccc(-c3ccccc3[N+](=O)[O-])c([N+](=O)[O-])c2)cc1. The number of aryl methyl sites for hydroxylation is 1. The van der Waals surface area contributed by atoms with Crippen LogP contribution in [0, 0.1) is 27.2 Å². The van der Waals surface area contributed by atoms with Crippen LogP contribution in [0.1, 0.15) is 5.56 Å². The second kappa shape index (κ2) is 10.9. The number of nitro groups is 2. The van der Waals surface area contributed by atoms with Crippen LogP contribution in [0.15, 0.2) is 121 Å². The van der Waals surface area contributed by atoms with E-state index in [1.165, 1.54) is 30.3 Å². The maximum Gasteiger partial charge on any atom is 0.279 e. The van der Waals surface area contributed by atoms with E-state index < -0.39 is 9.85 Å². The highest BCUT2D eigenvalue weighted by molar-refractivity contribution is 5.82. The van der Waals surface area contributed by atoms with E-state index in [2.05, 4.69) is 10.2 Å². The van der Waals surface area contributed by atoms with Crippen molar-refractivity contribution in [2.45, 2.75) is 6.92 Å². The molecule has 0 aliphatic heterocycles. The molecule has 9 nitrogen and oxygen atoms in total.